The van der Waals surface area contributed by atoms with E-state index in [2.05, 4.69) is 4.98 Å². The highest BCUT2D eigenvalue weighted by Gasteiger charge is 2.23. The van der Waals surface area contributed by atoms with Gasteiger partial charge in [-0.3, -0.25) is 18.6 Å². The number of benzene rings is 2. The Morgan fingerprint density at radius 1 is 0.943 bits per heavy atom. The van der Waals surface area contributed by atoms with E-state index >= 15 is 0 Å². The molecule has 2 aromatic carbocycles. The molecule has 0 saturated carbocycles. The SMILES string of the molecule is O=c1c2ccccc2nc(SCc2cc(=O)n3ccccc3n2)n1CC1COc2ccccc2O1. The predicted molar refractivity (Wildman–Crippen MR) is 133 cm³/mol. The highest BCUT2D eigenvalue weighted by Crippen LogP contribution is 2.31. The van der Waals surface area contributed by atoms with Crippen LogP contribution in [0.5, 0.6) is 11.5 Å². The maximum absolute atomic E-state index is 13.5. The minimum atomic E-state index is -0.353. The molecule has 1 atom stereocenters. The summed E-state index contributed by atoms with van der Waals surface area (Å²) in [5.74, 6) is 1.73. The highest BCUT2D eigenvalue weighted by molar-refractivity contribution is 7.98. The van der Waals surface area contributed by atoms with Gasteiger partial charge in [0.15, 0.2) is 22.8 Å². The number of rotatable bonds is 5. The monoisotopic (exact) mass is 484 g/mol. The molecule has 0 saturated heterocycles. The summed E-state index contributed by atoms with van der Waals surface area (Å²) in [7, 11) is 0. The second kappa shape index (κ2) is 8.92. The first kappa shape index (κ1) is 21.4. The van der Waals surface area contributed by atoms with Crippen molar-refractivity contribution in [1.29, 1.82) is 0 Å². The molecule has 0 bridgehead atoms. The van der Waals surface area contributed by atoms with Gasteiger partial charge in [0.1, 0.15) is 12.3 Å². The zero-order valence-corrected chi connectivity index (χ0v) is 19.4. The van der Waals surface area contributed by atoms with Gasteiger partial charge >= 0.3 is 0 Å². The first-order chi connectivity index (χ1) is 17.2. The van der Waals surface area contributed by atoms with E-state index in [-0.39, 0.29) is 23.8 Å². The second-order valence-corrected chi connectivity index (χ2v) is 9.07. The molecule has 8 nitrogen and oxygen atoms in total. The number of pyridine rings is 1. The Labute approximate surface area is 203 Å². The third-order valence-electron chi connectivity index (χ3n) is 5.75. The molecule has 5 aromatic rings. The molecule has 0 fully saturated rings. The number of hydrogen-bond acceptors (Lipinski definition) is 7. The summed E-state index contributed by atoms with van der Waals surface area (Å²) < 4.78 is 15.1. The lowest BCUT2D eigenvalue weighted by Gasteiger charge is -2.27. The van der Waals surface area contributed by atoms with E-state index < -0.39 is 0 Å². The minimum absolute atomic E-state index is 0.146. The largest absolute Gasteiger partial charge is 0.486 e. The molecule has 3 aromatic heterocycles. The van der Waals surface area contributed by atoms with Crippen LogP contribution in [0.3, 0.4) is 0 Å². The molecule has 9 heteroatoms. The second-order valence-electron chi connectivity index (χ2n) is 8.13. The van der Waals surface area contributed by atoms with Crippen molar-refractivity contribution >= 4 is 28.3 Å². The number of fused-ring (bicyclic) bond motifs is 3. The average Bonchev–Trinajstić information content (AvgIpc) is 2.89. The summed E-state index contributed by atoms with van der Waals surface area (Å²) in [6.07, 6.45) is 1.34. The van der Waals surface area contributed by atoms with Gasteiger partial charge in [0.05, 0.1) is 23.1 Å². The van der Waals surface area contributed by atoms with Crippen LogP contribution in [-0.2, 0) is 12.3 Å². The van der Waals surface area contributed by atoms with Crippen LogP contribution in [0.1, 0.15) is 5.69 Å². The van der Waals surface area contributed by atoms with Crippen LogP contribution in [0.4, 0.5) is 0 Å². The molecular formula is C26H20N4O4S. The van der Waals surface area contributed by atoms with Gasteiger partial charge in [-0.2, -0.15) is 0 Å². The van der Waals surface area contributed by atoms with Crippen molar-refractivity contribution in [3.8, 4) is 11.5 Å². The van der Waals surface area contributed by atoms with Crippen LogP contribution in [-0.4, -0.2) is 31.6 Å². The van der Waals surface area contributed by atoms with Crippen molar-refractivity contribution in [2.24, 2.45) is 0 Å². The molecule has 0 amide bonds. The van der Waals surface area contributed by atoms with Gasteiger partial charge in [0, 0.05) is 18.0 Å². The fourth-order valence-electron chi connectivity index (χ4n) is 4.09. The molecule has 0 radical (unpaired) electrons. The zero-order chi connectivity index (χ0) is 23.8. The van der Waals surface area contributed by atoms with E-state index in [9.17, 15) is 9.59 Å². The number of para-hydroxylation sites is 3. The fourth-order valence-corrected chi connectivity index (χ4v) is 4.99. The number of thioether (sulfide) groups is 1. The van der Waals surface area contributed by atoms with E-state index in [1.807, 2.05) is 48.5 Å². The van der Waals surface area contributed by atoms with Crippen LogP contribution in [0.25, 0.3) is 16.6 Å². The van der Waals surface area contributed by atoms with E-state index in [0.29, 0.717) is 51.3 Å². The molecule has 1 aliphatic rings. The normalized spacial score (nSPS) is 14.9. The number of aromatic nitrogens is 4. The smallest absolute Gasteiger partial charge is 0.262 e. The van der Waals surface area contributed by atoms with Crippen molar-refractivity contribution in [2.45, 2.75) is 23.6 Å². The zero-order valence-electron chi connectivity index (χ0n) is 18.5. The Morgan fingerprint density at radius 3 is 2.66 bits per heavy atom. The van der Waals surface area contributed by atoms with Crippen LogP contribution < -0.4 is 20.6 Å². The fraction of sp³-hybridized carbons (Fsp3) is 0.154. The molecule has 1 aliphatic heterocycles. The van der Waals surface area contributed by atoms with Crippen molar-refractivity contribution in [2.75, 3.05) is 6.61 Å². The molecule has 0 N–H and O–H groups in total. The molecule has 35 heavy (non-hydrogen) atoms. The van der Waals surface area contributed by atoms with Crippen LogP contribution >= 0.6 is 11.8 Å². The Kier molecular flexibility index (Phi) is 5.46. The van der Waals surface area contributed by atoms with Gasteiger partial charge in [0.25, 0.3) is 11.1 Å². The minimum Gasteiger partial charge on any atom is -0.486 e. The number of hydrogen-bond donors (Lipinski definition) is 0. The summed E-state index contributed by atoms with van der Waals surface area (Å²) in [5.41, 5.74) is 1.51. The maximum atomic E-state index is 13.5. The summed E-state index contributed by atoms with van der Waals surface area (Å²) in [6, 6.07) is 21.7. The van der Waals surface area contributed by atoms with E-state index in [1.54, 1.807) is 29.0 Å². The highest BCUT2D eigenvalue weighted by atomic mass is 32.2. The number of ether oxygens (including phenoxy) is 2. The number of nitrogens with zero attached hydrogens (tertiary/aromatic N) is 4. The Bertz CT molecular complexity index is 1680. The summed E-state index contributed by atoms with van der Waals surface area (Å²) in [6.45, 7) is 0.602. The van der Waals surface area contributed by atoms with Gasteiger partial charge in [-0.05, 0) is 36.4 Å². The predicted octanol–water partition coefficient (Wildman–Crippen LogP) is 3.54. The molecule has 6 rings (SSSR count). The molecule has 1 unspecified atom stereocenters. The lowest BCUT2D eigenvalue weighted by atomic mass is 10.2. The summed E-state index contributed by atoms with van der Waals surface area (Å²) in [5, 5.41) is 1.07. The van der Waals surface area contributed by atoms with Crippen molar-refractivity contribution < 1.29 is 9.47 Å². The van der Waals surface area contributed by atoms with E-state index in [4.69, 9.17) is 14.5 Å². The third kappa shape index (κ3) is 4.15. The van der Waals surface area contributed by atoms with Gasteiger partial charge < -0.3 is 9.47 Å². The van der Waals surface area contributed by atoms with Gasteiger partial charge in [-0.1, -0.05) is 42.1 Å². The Balaban J connectivity index is 1.34. The van der Waals surface area contributed by atoms with Gasteiger partial charge in [0.2, 0.25) is 0 Å². The van der Waals surface area contributed by atoms with Gasteiger partial charge in [-0.25, -0.2) is 9.97 Å². The lowest BCUT2D eigenvalue weighted by Crippen LogP contribution is -2.37. The summed E-state index contributed by atoms with van der Waals surface area (Å²) >= 11 is 1.37. The van der Waals surface area contributed by atoms with Crippen LogP contribution in [0.2, 0.25) is 0 Å². The molecule has 0 spiro atoms. The van der Waals surface area contributed by atoms with Crippen LogP contribution in [0, 0.1) is 0 Å². The summed E-state index contributed by atoms with van der Waals surface area (Å²) in [4.78, 5) is 35.3. The Morgan fingerprint density at radius 2 is 1.74 bits per heavy atom. The van der Waals surface area contributed by atoms with Crippen molar-refractivity contribution in [3.63, 3.8) is 0 Å². The third-order valence-corrected chi connectivity index (χ3v) is 6.76. The van der Waals surface area contributed by atoms with E-state index in [1.165, 1.54) is 22.2 Å². The average molecular weight is 485 g/mol. The maximum Gasteiger partial charge on any atom is 0.262 e. The molecule has 0 aliphatic carbocycles. The molecular weight excluding hydrogens is 464 g/mol. The Hall–Kier alpha value is -4.11. The standard InChI is InChI=1S/C26H20N4O4S/c31-24-13-17(27-23-11-5-6-12-29(23)24)16-35-26-28-20-8-2-1-7-19(20)25(32)30(26)14-18-15-33-21-9-3-4-10-22(21)34-18/h1-13,18H,14-16H2. The van der Waals surface area contributed by atoms with E-state index in [0.717, 1.165) is 0 Å². The van der Waals surface area contributed by atoms with Gasteiger partial charge in [-0.15, -0.1) is 0 Å². The van der Waals surface area contributed by atoms with Crippen molar-refractivity contribution in [3.05, 3.63) is 105 Å². The van der Waals surface area contributed by atoms with Crippen LogP contribution in [0.15, 0.2) is 93.7 Å². The first-order valence-corrected chi connectivity index (χ1v) is 12.1. The molecule has 4 heterocycles. The molecule has 174 valence electrons. The quantitative estimate of drug-likeness (QED) is 0.279. The first-order valence-electron chi connectivity index (χ1n) is 11.1. The topological polar surface area (TPSA) is 87.7 Å². The van der Waals surface area contributed by atoms with Crippen molar-refractivity contribution in [1.82, 2.24) is 18.9 Å². The lowest BCUT2D eigenvalue weighted by molar-refractivity contribution is 0.0757.